The maximum atomic E-state index is 13.5. The lowest BCUT2D eigenvalue weighted by atomic mass is 10.2. The SMILES string of the molecule is Cc1ccc(S(=O)(=O)n2c(SCC(=O)Nc3ccc(Oc4ccccc4)cc3)nc3ccccc32)cc1. The van der Waals surface area contributed by atoms with Crippen LogP contribution in [0.2, 0.25) is 0 Å². The Hall–Kier alpha value is -4.08. The highest BCUT2D eigenvalue weighted by Gasteiger charge is 2.25. The summed E-state index contributed by atoms with van der Waals surface area (Å²) in [6.07, 6.45) is 0. The number of anilines is 1. The molecule has 1 aromatic heterocycles. The van der Waals surface area contributed by atoms with Crippen molar-refractivity contribution < 1.29 is 17.9 Å². The van der Waals surface area contributed by atoms with E-state index in [1.54, 1.807) is 72.8 Å². The highest BCUT2D eigenvalue weighted by atomic mass is 32.2. The van der Waals surface area contributed by atoms with Gasteiger partial charge in [-0.1, -0.05) is 59.8 Å². The number of aryl methyl sites for hydroxylation is 1. The summed E-state index contributed by atoms with van der Waals surface area (Å²) >= 11 is 1.07. The molecule has 0 fully saturated rings. The molecular weight excluding hydrogens is 506 g/mol. The molecule has 0 aliphatic rings. The van der Waals surface area contributed by atoms with E-state index in [0.717, 1.165) is 23.1 Å². The summed E-state index contributed by atoms with van der Waals surface area (Å²) in [5.41, 5.74) is 2.56. The molecule has 0 aliphatic heterocycles. The molecular formula is C28H23N3O4S2. The molecule has 1 heterocycles. The molecule has 0 aliphatic carbocycles. The summed E-state index contributed by atoms with van der Waals surface area (Å²) in [4.78, 5) is 17.4. The molecule has 0 radical (unpaired) electrons. The Balaban J connectivity index is 1.31. The number of benzene rings is 4. The fourth-order valence-electron chi connectivity index (χ4n) is 3.68. The Labute approximate surface area is 219 Å². The molecule has 0 atom stereocenters. The van der Waals surface area contributed by atoms with Crippen LogP contribution in [0.25, 0.3) is 11.0 Å². The van der Waals surface area contributed by atoms with Crippen molar-refractivity contribution in [1.29, 1.82) is 0 Å². The molecule has 186 valence electrons. The molecule has 0 saturated carbocycles. The van der Waals surface area contributed by atoms with Gasteiger partial charge >= 0.3 is 0 Å². The topological polar surface area (TPSA) is 90.3 Å². The molecule has 37 heavy (non-hydrogen) atoms. The molecule has 1 N–H and O–H groups in total. The third-order valence-electron chi connectivity index (χ3n) is 5.50. The zero-order valence-corrected chi connectivity index (χ0v) is 21.5. The van der Waals surface area contributed by atoms with Crippen LogP contribution in [0.3, 0.4) is 0 Å². The van der Waals surface area contributed by atoms with Gasteiger partial charge < -0.3 is 10.1 Å². The standard InChI is InChI=1S/C28H23N3O4S2/c1-20-11-17-24(18-12-20)37(33,34)31-26-10-6-5-9-25(26)30-28(31)36-19-27(32)29-21-13-15-23(16-14-21)35-22-7-3-2-4-8-22/h2-18H,19H2,1H3,(H,29,32). The van der Waals surface area contributed by atoms with Crippen LogP contribution >= 0.6 is 11.8 Å². The summed E-state index contributed by atoms with van der Waals surface area (Å²) in [5.74, 6) is 1.07. The number of imidazole rings is 1. The summed E-state index contributed by atoms with van der Waals surface area (Å²) in [6, 6.07) is 30.1. The van der Waals surface area contributed by atoms with Gasteiger partial charge in [0.2, 0.25) is 5.91 Å². The third kappa shape index (κ3) is 5.52. The van der Waals surface area contributed by atoms with Crippen molar-refractivity contribution in [3.05, 3.63) is 109 Å². The first kappa shape index (κ1) is 24.6. The molecule has 5 rings (SSSR count). The average Bonchev–Trinajstić information content (AvgIpc) is 3.29. The number of hydrogen-bond acceptors (Lipinski definition) is 6. The van der Waals surface area contributed by atoms with E-state index in [1.807, 2.05) is 37.3 Å². The Bertz CT molecular complexity index is 1650. The molecule has 9 heteroatoms. The number of thioether (sulfide) groups is 1. The third-order valence-corrected chi connectivity index (χ3v) is 8.27. The van der Waals surface area contributed by atoms with Gasteiger partial charge in [0.15, 0.2) is 5.16 Å². The van der Waals surface area contributed by atoms with Crippen molar-refractivity contribution >= 4 is 44.4 Å². The van der Waals surface area contributed by atoms with Gasteiger partial charge in [-0.15, -0.1) is 0 Å². The van der Waals surface area contributed by atoms with Gasteiger partial charge in [0, 0.05) is 5.69 Å². The number of nitrogens with one attached hydrogen (secondary N) is 1. The molecule has 7 nitrogen and oxygen atoms in total. The average molecular weight is 530 g/mol. The number of ether oxygens (including phenoxy) is 1. The first-order valence-corrected chi connectivity index (χ1v) is 13.9. The van der Waals surface area contributed by atoms with Crippen LogP contribution < -0.4 is 10.1 Å². The Morgan fingerprint density at radius 1 is 0.865 bits per heavy atom. The van der Waals surface area contributed by atoms with E-state index in [9.17, 15) is 13.2 Å². The Morgan fingerprint density at radius 3 is 2.24 bits per heavy atom. The van der Waals surface area contributed by atoms with Crippen molar-refractivity contribution in [3.8, 4) is 11.5 Å². The maximum absolute atomic E-state index is 13.5. The summed E-state index contributed by atoms with van der Waals surface area (Å²) in [5, 5.41) is 3.06. The lowest BCUT2D eigenvalue weighted by Gasteiger charge is -2.11. The molecule has 0 saturated heterocycles. The number of para-hydroxylation sites is 3. The minimum absolute atomic E-state index is 0.0188. The number of amides is 1. The number of rotatable bonds is 8. The fraction of sp³-hybridized carbons (Fsp3) is 0.0714. The van der Waals surface area contributed by atoms with Gasteiger partial charge in [-0.2, -0.15) is 0 Å². The van der Waals surface area contributed by atoms with Crippen molar-refractivity contribution in [1.82, 2.24) is 8.96 Å². The predicted octanol–water partition coefficient (Wildman–Crippen LogP) is 6.10. The number of carbonyl (C=O) groups is 1. The zero-order chi connectivity index (χ0) is 25.8. The van der Waals surface area contributed by atoms with E-state index in [1.165, 1.54) is 3.97 Å². The largest absolute Gasteiger partial charge is 0.457 e. The van der Waals surface area contributed by atoms with Gasteiger partial charge in [-0.05, 0) is 67.6 Å². The van der Waals surface area contributed by atoms with Gasteiger partial charge in [-0.3, -0.25) is 4.79 Å². The zero-order valence-electron chi connectivity index (χ0n) is 19.9. The molecule has 1 amide bonds. The van der Waals surface area contributed by atoms with Crippen molar-refractivity contribution in [2.75, 3.05) is 11.1 Å². The quantitative estimate of drug-likeness (QED) is 0.244. The van der Waals surface area contributed by atoms with Crippen molar-refractivity contribution in [2.24, 2.45) is 0 Å². The molecule has 0 unspecified atom stereocenters. The second kappa shape index (κ2) is 10.5. The lowest BCUT2D eigenvalue weighted by molar-refractivity contribution is -0.113. The summed E-state index contributed by atoms with van der Waals surface area (Å²) < 4.78 is 34.1. The lowest BCUT2D eigenvalue weighted by Crippen LogP contribution is -2.17. The summed E-state index contributed by atoms with van der Waals surface area (Å²) in [7, 11) is -3.92. The van der Waals surface area contributed by atoms with E-state index >= 15 is 0 Å². The van der Waals surface area contributed by atoms with E-state index in [-0.39, 0.29) is 21.7 Å². The van der Waals surface area contributed by atoms with Gasteiger partial charge in [-0.25, -0.2) is 17.4 Å². The van der Waals surface area contributed by atoms with Gasteiger partial charge in [0.25, 0.3) is 10.0 Å². The molecule has 4 aromatic carbocycles. The highest BCUT2D eigenvalue weighted by molar-refractivity contribution is 8.00. The van der Waals surface area contributed by atoms with Crippen LogP contribution in [0.15, 0.2) is 113 Å². The first-order chi connectivity index (χ1) is 17.9. The predicted molar refractivity (Wildman–Crippen MR) is 146 cm³/mol. The second-order valence-corrected chi connectivity index (χ2v) is 11.0. The summed E-state index contributed by atoms with van der Waals surface area (Å²) in [6.45, 7) is 1.90. The monoisotopic (exact) mass is 529 g/mol. The van der Waals surface area contributed by atoms with E-state index in [2.05, 4.69) is 10.3 Å². The second-order valence-electron chi connectivity index (χ2n) is 8.24. The smallest absolute Gasteiger partial charge is 0.270 e. The minimum atomic E-state index is -3.92. The maximum Gasteiger partial charge on any atom is 0.270 e. The van der Waals surface area contributed by atoms with Gasteiger partial charge in [0.05, 0.1) is 21.7 Å². The number of carbonyl (C=O) groups excluding carboxylic acids is 1. The van der Waals surface area contributed by atoms with Crippen LogP contribution in [0, 0.1) is 6.92 Å². The van der Waals surface area contributed by atoms with E-state index in [4.69, 9.17) is 4.74 Å². The van der Waals surface area contributed by atoms with Crippen LogP contribution in [-0.4, -0.2) is 29.0 Å². The van der Waals surface area contributed by atoms with Crippen LogP contribution in [0.5, 0.6) is 11.5 Å². The Kier molecular flexibility index (Phi) is 6.98. The Morgan fingerprint density at radius 2 is 1.51 bits per heavy atom. The molecule has 0 bridgehead atoms. The van der Waals surface area contributed by atoms with Crippen LogP contribution in [-0.2, 0) is 14.8 Å². The number of aromatic nitrogens is 2. The first-order valence-electron chi connectivity index (χ1n) is 11.5. The number of fused-ring (bicyclic) bond motifs is 1. The number of hydrogen-bond donors (Lipinski definition) is 1. The normalized spacial score (nSPS) is 11.4. The highest BCUT2D eigenvalue weighted by Crippen LogP contribution is 2.29. The van der Waals surface area contributed by atoms with Gasteiger partial charge in [0.1, 0.15) is 11.5 Å². The minimum Gasteiger partial charge on any atom is -0.457 e. The fourth-order valence-corrected chi connectivity index (χ4v) is 6.19. The van der Waals surface area contributed by atoms with E-state index < -0.39 is 10.0 Å². The van der Waals surface area contributed by atoms with Crippen LogP contribution in [0.1, 0.15) is 5.56 Å². The van der Waals surface area contributed by atoms with Crippen LogP contribution in [0.4, 0.5) is 5.69 Å². The molecule has 0 spiro atoms. The molecule has 5 aromatic rings. The van der Waals surface area contributed by atoms with E-state index in [0.29, 0.717) is 22.5 Å². The number of nitrogens with zero attached hydrogens (tertiary/aromatic N) is 2. The van der Waals surface area contributed by atoms with Crippen molar-refractivity contribution in [3.63, 3.8) is 0 Å². The van der Waals surface area contributed by atoms with Crippen molar-refractivity contribution in [2.45, 2.75) is 17.0 Å².